The van der Waals surface area contributed by atoms with Crippen LogP contribution in [0.25, 0.3) is 0 Å². The van der Waals surface area contributed by atoms with E-state index in [1.165, 1.54) is 13.8 Å². The van der Waals surface area contributed by atoms with E-state index in [4.69, 9.17) is 0 Å². The number of nitrogens with zero attached hydrogens (tertiary/aromatic N) is 2. The summed E-state index contributed by atoms with van der Waals surface area (Å²) in [7, 11) is 0. The molecule has 0 saturated carbocycles. The summed E-state index contributed by atoms with van der Waals surface area (Å²) in [6, 6.07) is -4.30. The Labute approximate surface area is 171 Å². The van der Waals surface area contributed by atoms with Crippen molar-refractivity contribution in [1.82, 2.24) is 10.6 Å². The van der Waals surface area contributed by atoms with Crippen LogP contribution < -0.4 is 10.6 Å². The normalized spacial score (nSPS) is 13.3. The van der Waals surface area contributed by atoms with Gasteiger partial charge in [0.25, 0.3) is 0 Å². The smallest absolute Gasteiger partial charge is 0.392 e. The lowest BCUT2D eigenvalue weighted by molar-refractivity contribution is -0.496. The zero-order chi connectivity index (χ0) is 23.3. The Kier molecular flexibility index (Phi) is 12.3. The molecule has 0 aromatic carbocycles. The van der Waals surface area contributed by atoms with E-state index in [0.29, 0.717) is 12.8 Å². The number of rotatable bonds is 14. The zero-order valence-corrected chi connectivity index (χ0v) is 17.0. The second kappa shape index (κ2) is 13.8. The summed E-state index contributed by atoms with van der Waals surface area (Å²) in [5, 5.41) is 26.3. The molecule has 14 nitrogen and oxygen atoms in total. The first kappa shape index (κ1) is 26.7. The molecule has 0 fully saturated rings. The third-order valence-corrected chi connectivity index (χ3v) is 3.74. The molecule has 0 rings (SSSR count). The van der Waals surface area contributed by atoms with Crippen LogP contribution in [0.5, 0.6) is 0 Å². The standard InChI is InChI=1S/C16H26N4O10/c1-4-29-15(23)11(19(25)26)13(21)17-8-6-7-10(3)9-18-14(22)12(20(27)28)16(24)30-5-2/h10-12H,4-9H2,1-3H3,(H,17,21)(H,18,22). The van der Waals surface area contributed by atoms with Crippen molar-refractivity contribution in [2.45, 2.75) is 45.7 Å². The van der Waals surface area contributed by atoms with Gasteiger partial charge in [0.15, 0.2) is 0 Å². The summed E-state index contributed by atoms with van der Waals surface area (Å²) in [6.07, 6.45) is 0.790. The maximum atomic E-state index is 11.9. The van der Waals surface area contributed by atoms with Crippen molar-refractivity contribution in [1.29, 1.82) is 0 Å². The van der Waals surface area contributed by atoms with Crippen molar-refractivity contribution in [2.24, 2.45) is 5.92 Å². The summed E-state index contributed by atoms with van der Waals surface area (Å²) >= 11 is 0. The highest BCUT2D eigenvalue weighted by atomic mass is 16.6. The van der Waals surface area contributed by atoms with E-state index in [1.54, 1.807) is 6.92 Å². The summed E-state index contributed by atoms with van der Waals surface area (Å²) in [5.74, 6) is -4.88. The fourth-order valence-electron chi connectivity index (χ4n) is 2.25. The Bertz CT molecular complexity index is 654. The monoisotopic (exact) mass is 434 g/mol. The average molecular weight is 434 g/mol. The van der Waals surface area contributed by atoms with E-state index >= 15 is 0 Å². The maximum absolute atomic E-state index is 11.9. The van der Waals surface area contributed by atoms with Gasteiger partial charge in [0.05, 0.1) is 13.2 Å². The van der Waals surface area contributed by atoms with Gasteiger partial charge in [-0.25, -0.2) is 9.59 Å². The zero-order valence-electron chi connectivity index (χ0n) is 17.0. The molecular formula is C16H26N4O10. The minimum atomic E-state index is -2.15. The Hall–Kier alpha value is -3.32. The Morgan fingerprint density at radius 2 is 1.30 bits per heavy atom. The van der Waals surface area contributed by atoms with Crippen molar-refractivity contribution >= 4 is 23.8 Å². The molecule has 0 radical (unpaired) electrons. The SMILES string of the molecule is CCOC(=O)C(C(=O)NCCCC(C)CNC(=O)C(C(=O)OCC)[N+](=O)[O-])[N+](=O)[O-]. The molecule has 0 aliphatic heterocycles. The van der Waals surface area contributed by atoms with Crippen LogP contribution in [0.4, 0.5) is 0 Å². The Morgan fingerprint density at radius 3 is 1.70 bits per heavy atom. The van der Waals surface area contributed by atoms with Gasteiger partial charge >= 0.3 is 35.8 Å². The quantitative estimate of drug-likeness (QED) is 0.113. The number of carbonyl (C=O) groups excluding carboxylic acids is 4. The third kappa shape index (κ3) is 9.25. The number of ether oxygens (including phenoxy) is 2. The molecule has 0 aromatic heterocycles. The summed E-state index contributed by atoms with van der Waals surface area (Å²) in [4.78, 5) is 66.3. The van der Waals surface area contributed by atoms with E-state index in [2.05, 4.69) is 20.1 Å². The van der Waals surface area contributed by atoms with Crippen LogP contribution in [0.2, 0.25) is 0 Å². The number of hydrogen-bond acceptors (Lipinski definition) is 10. The van der Waals surface area contributed by atoms with Crippen LogP contribution in [0, 0.1) is 26.1 Å². The number of hydrogen-bond donors (Lipinski definition) is 2. The predicted octanol–water partition coefficient (Wildman–Crippen LogP) is -0.948. The van der Waals surface area contributed by atoms with Crippen molar-refractivity contribution in [3.63, 3.8) is 0 Å². The van der Waals surface area contributed by atoms with Gasteiger partial charge in [0.1, 0.15) is 0 Å². The maximum Gasteiger partial charge on any atom is 0.392 e. The van der Waals surface area contributed by atoms with Gasteiger partial charge in [-0.2, -0.15) is 0 Å². The lowest BCUT2D eigenvalue weighted by atomic mass is 10.1. The van der Waals surface area contributed by atoms with Crippen molar-refractivity contribution in [3.05, 3.63) is 20.2 Å². The van der Waals surface area contributed by atoms with Gasteiger partial charge in [0, 0.05) is 22.9 Å². The number of carbonyl (C=O) groups is 4. The van der Waals surface area contributed by atoms with Gasteiger partial charge in [-0.1, -0.05) is 6.92 Å². The van der Waals surface area contributed by atoms with E-state index in [1.807, 2.05) is 0 Å². The van der Waals surface area contributed by atoms with Crippen LogP contribution in [-0.4, -0.2) is 72.0 Å². The summed E-state index contributed by atoms with van der Waals surface area (Å²) in [5.41, 5.74) is 0. The largest absolute Gasteiger partial charge is 0.460 e. The van der Waals surface area contributed by atoms with Crippen LogP contribution in [0.3, 0.4) is 0 Å². The van der Waals surface area contributed by atoms with Crippen molar-refractivity contribution in [2.75, 3.05) is 26.3 Å². The molecule has 0 aliphatic rings. The molecule has 3 atom stereocenters. The topological polar surface area (TPSA) is 197 Å². The van der Waals surface area contributed by atoms with Crippen molar-refractivity contribution in [3.8, 4) is 0 Å². The first-order valence-corrected chi connectivity index (χ1v) is 9.22. The third-order valence-electron chi connectivity index (χ3n) is 3.74. The van der Waals surface area contributed by atoms with E-state index in [0.717, 1.165) is 0 Å². The molecule has 14 heteroatoms. The van der Waals surface area contributed by atoms with Gasteiger partial charge in [-0.3, -0.25) is 29.8 Å². The molecule has 0 spiro atoms. The molecule has 0 aliphatic carbocycles. The lowest BCUT2D eigenvalue weighted by Gasteiger charge is -2.14. The highest BCUT2D eigenvalue weighted by Gasteiger charge is 2.40. The van der Waals surface area contributed by atoms with Gasteiger partial charge < -0.3 is 20.1 Å². The molecular weight excluding hydrogens is 408 g/mol. The molecule has 170 valence electrons. The molecule has 2 N–H and O–H groups in total. The fraction of sp³-hybridized carbons (Fsp3) is 0.750. The molecule has 2 amide bonds. The van der Waals surface area contributed by atoms with Crippen LogP contribution in [-0.2, 0) is 28.7 Å². The molecule has 0 heterocycles. The molecule has 0 saturated heterocycles. The summed E-state index contributed by atoms with van der Waals surface area (Å²) in [6.45, 7) is 4.46. The van der Waals surface area contributed by atoms with Crippen LogP contribution in [0.1, 0.15) is 33.6 Å². The summed E-state index contributed by atoms with van der Waals surface area (Å²) < 4.78 is 8.99. The van der Waals surface area contributed by atoms with Gasteiger partial charge in [-0.05, 0) is 32.6 Å². The van der Waals surface area contributed by atoms with E-state index in [9.17, 15) is 39.4 Å². The Balaban J connectivity index is 4.41. The minimum absolute atomic E-state index is 0.0247. The number of esters is 2. The highest BCUT2D eigenvalue weighted by Crippen LogP contribution is 2.05. The predicted molar refractivity (Wildman–Crippen MR) is 99.2 cm³/mol. The van der Waals surface area contributed by atoms with Crippen LogP contribution >= 0.6 is 0 Å². The van der Waals surface area contributed by atoms with Crippen LogP contribution in [0.15, 0.2) is 0 Å². The van der Waals surface area contributed by atoms with E-state index < -0.39 is 45.7 Å². The van der Waals surface area contributed by atoms with E-state index in [-0.39, 0.29) is 32.2 Å². The highest BCUT2D eigenvalue weighted by molar-refractivity contribution is 6.01. The van der Waals surface area contributed by atoms with Gasteiger partial charge in [-0.15, -0.1) is 0 Å². The number of amides is 2. The van der Waals surface area contributed by atoms with Gasteiger partial charge in [0.2, 0.25) is 0 Å². The molecule has 0 aromatic rings. The molecule has 30 heavy (non-hydrogen) atoms. The first-order chi connectivity index (χ1) is 14.1. The first-order valence-electron chi connectivity index (χ1n) is 9.22. The second-order valence-corrected chi connectivity index (χ2v) is 6.16. The molecule has 0 bridgehead atoms. The lowest BCUT2D eigenvalue weighted by Crippen LogP contribution is -2.47. The average Bonchev–Trinajstić information content (AvgIpc) is 2.63. The molecule has 3 unspecified atom stereocenters. The fourth-order valence-corrected chi connectivity index (χ4v) is 2.25. The van der Waals surface area contributed by atoms with Crippen molar-refractivity contribution < 1.29 is 38.5 Å². The Morgan fingerprint density at radius 1 is 0.867 bits per heavy atom. The second-order valence-electron chi connectivity index (χ2n) is 6.16. The number of nitro groups is 2. The number of nitrogens with one attached hydrogen (secondary N) is 2. The minimum Gasteiger partial charge on any atom is -0.460 e.